The average Bonchev–Trinajstić information content (AvgIpc) is 2.29. The molecule has 86 valence electrons. The van der Waals surface area contributed by atoms with Crippen molar-refractivity contribution in [1.29, 1.82) is 0 Å². The molecule has 1 unspecified atom stereocenters. The number of aromatic nitrogens is 1. The van der Waals surface area contributed by atoms with E-state index in [0.29, 0.717) is 11.7 Å². The molecule has 16 heavy (non-hydrogen) atoms. The molecule has 1 fully saturated rings. The zero-order valence-corrected chi connectivity index (χ0v) is 9.65. The van der Waals surface area contributed by atoms with Crippen molar-refractivity contribution in [3.05, 3.63) is 23.5 Å². The van der Waals surface area contributed by atoms with Gasteiger partial charge in [0, 0.05) is 25.0 Å². The van der Waals surface area contributed by atoms with Crippen LogP contribution in [0, 0.1) is 5.92 Å². The molecular formula is C11H14ClN3O. The molecule has 5 heteroatoms. The second kappa shape index (κ2) is 4.70. The van der Waals surface area contributed by atoms with Gasteiger partial charge in [0.25, 0.3) is 0 Å². The van der Waals surface area contributed by atoms with Gasteiger partial charge in [0.2, 0.25) is 5.91 Å². The van der Waals surface area contributed by atoms with E-state index in [2.05, 4.69) is 9.88 Å². The minimum Gasteiger partial charge on any atom is -0.371 e. The van der Waals surface area contributed by atoms with Crippen LogP contribution in [-0.4, -0.2) is 24.0 Å². The maximum atomic E-state index is 11.2. The van der Waals surface area contributed by atoms with Crippen molar-refractivity contribution in [1.82, 2.24) is 4.98 Å². The van der Waals surface area contributed by atoms with Gasteiger partial charge >= 0.3 is 0 Å². The van der Waals surface area contributed by atoms with E-state index in [9.17, 15) is 4.79 Å². The molecular weight excluding hydrogens is 226 g/mol. The van der Waals surface area contributed by atoms with Gasteiger partial charge in [-0.2, -0.15) is 0 Å². The lowest BCUT2D eigenvalue weighted by molar-refractivity contribution is -0.122. The minimum absolute atomic E-state index is 0.0549. The van der Waals surface area contributed by atoms with Crippen LogP contribution in [0.3, 0.4) is 0 Å². The third-order valence-corrected chi connectivity index (χ3v) is 3.11. The number of primary amides is 1. The second-order valence-electron chi connectivity index (χ2n) is 4.02. The number of halogens is 1. The molecule has 0 aliphatic carbocycles. The standard InChI is InChI=1S/C11H14ClN3O/c12-10-6-9(3-4-14-10)15-5-1-2-8(7-15)11(13)16/h3-4,6,8H,1-2,5,7H2,(H2,13,16). The van der Waals surface area contributed by atoms with Gasteiger partial charge in [0.1, 0.15) is 5.15 Å². The SMILES string of the molecule is NC(=O)C1CCCN(c2ccnc(Cl)c2)C1. The Balaban J connectivity index is 2.12. The monoisotopic (exact) mass is 239 g/mol. The highest BCUT2D eigenvalue weighted by molar-refractivity contribution is 6.29. The summed E-state index contributed by atoms with van der Waals surface area (Å²) in [7, 11) is 0. The number of carbonyl (C=O) groups is 1. The Kier molecular flexibility index (Phi) is 3.29. The van der Waals surface area contributed by atoms with Gasteiger partial charge in [-0.25, -0.2) is 4.98 Å². The Hall–Kier alpha value is -1.29. The highest BCUT2D eigenvalue weighted by atomic mass is 35.5. The zero-order valence-electron chi connectivity index (χ0n) is 8.90. The first-order valence-corrected chi connectivity index (χ1v) is 5.70. The van der Waals surface area contributed by atoms with E-state index in [-0.39, 0.29) is 11.8 Å². The van der Waals surface area contributed by atoms with E-state index >= 15 is 0 Å². The summed E-state index contributed by atoms with van der Waals surface area (Å²) < 4.78 is 0. The molecule has 2 rings (SSSR count). The number of amides is 1. The van der Waals surface area contributed by atoms with Crippen molar-refractivity contribution < 1.29 is 4.79 Å². The lowest BCUT2D eigenvalue weighted by atomic mass is 9.97. The molecule has 0 spiro atoms. The fourth-order valence-electron chi connectivity index (χ4n) is 2.03. The van der Waals surface area contributed by atoms with Crippen LogP contribution in [0.4, 0.5) is 5.69 Å². The maximum Gasteiger partial charge on any atom is 0.222 e. The van der Waals surface area contributed by atoms with Crippen molar-refractivity contribution in [2.45, 2.75) is 12.8 Å². The Bertz CT molecular complexity index is 397. The summed E-state index contributed by atoms with van der Waals surface area (Å²) in [6.45, 7) is 1.61. The van der Waals surface area contributed by atoms with Crippen molar-refractivity contribution >= 4 is 23.2 Å². The summed E-state index contributed by atoms with van der Waals surface area (Å²) in [4.78, 5) is 17.2. The predicted octanol–water partition coefficient (Wildman–Crippen LogP) is 1.44. The molecule has 1 amide bonds. The van der Waals surface area contributed by atoms with E-state index in [1.807, 2.05) is 12.1 Å². The molecule has 0 radical (unpaired) electrons. The van der Waals surface area contributed by atoms with E-state index in [4.69, 9.17) is 17.3 Å². The van der Waals surface area contributed by atoms with Crippen LogP contribution in [0.2, 0.25) is 5.15 Å². The maximum absolute atomic E-state index is 11.2. The third-order valence-electron chi connectivity index (χ3n) is 2.90. The molecule has 0 saturated carbocycles. The first-order valence-electron chi connectivity index (χ1n) is 5.32. The first-order chi connectivity index (χ1) is 7.66. The molecule has 0 bridgehead atoms. The molecule has 0 aromatic carbocycles. The Morgan fingerprint density at radius 2 is 2.44 bits per heavy atom. The number of hydrogen-bond acceptors (Lipinski definition) is 3. The fourth-order valence-corrected chi connectivity index (χ4v) is 2.20. The minimum atomic E-state index is -0.218. The van der Waals surface area contributed by atoms with Gasteiger partial charge in [-0.15, -0.1) is 0 Å². The van der Waals surface area contributed by atoms with Gasteiger partial charge < -0.3 is 10.6 Å². The summed E-state index contributed by atoms with van der Waals surface area (Å²) >= 11 is 5.83. The largest absolute Gasteiger partial charge is 0.371 e. The molecule has 1 aromatic rings. The van der Waals surface area contributed by atoms with Crippen LogP contribution in [0.5, 0.6) is 0 Å². The smallest absolute Gasteiger partial charge is 0.222 e. The van der Waals surface area contributed by atoms with E-state index in [0.717, 1.165) is 25.1 Å². The molecule has 1 aromatic heterocycles. The first kappa shape index (κ1) is 11.2. The van der Waals surface area contributed by atoms with Crippen LogP contribution in [0.1, 0.15) is 12.8 Å². The Labute approximate surface area is 99.4 Å². The van der Waals surface area contributed by atoms with Crippen LogP contribution in [-0.2, 0) is 4.79 Å². The van der Waals surface area contributed by atoms with Gasteiger partial charge in [0.05, 0.1) is 5.92 Å². The quantitative estimate of drug-likeness (QED) is 0.795. The van der Waals surface area contributed by atoms with Crippen molar-refractivity contribution in [3.8, 4) is 0 Å². The topological polar surface area (TPSA) is 59.2 Å². The molecule has 1 aliphatic heterocycles. The molecule has 2 N–H and O–H groups in total. The Morgan fingerprint density at radius 3 is 3.12 bits per heavy atom. The Morgan fingerprint density at radius 1 is 1.62 bits per heavy atom. The summed E-state index contributed by atoms with van der Waals surface area (Å²) in [5, 5.41) is 0.471. The molecule has 4 nitrogen and oxygen atoms in total. The van der Waals surface area contributed by atoms with Crippen molar-refractivity contribution in [2.24, 2.45) is 11.7 Å². The van der Waals surface area contributed by atoms with Crippen LogP contribution in [0.15, 0.2) is 18.3 Å². The highest BCUT2D eigenvalue weighted by Gasteiger charge is 2.24. The molecule has 1 saturated heterocycles. The number of nitrogens with zero attached hydrogens (tertiary/aromatic N) is 2. The van der Waals surface area contributed by atoms with Crippen LogP contribution in [0.25, 0.3) is 0 Å². The van der Waals surface area contributed by atoms with Crippen LogP contribution >= 0.6 is 11.6 Å². The van der Waals surface area contributed by atoms with Gasteiger partial charge in [-0.05, 0) is 25.0 Å². The summed E-state index contributed by atoms with van der Waals surface area (Å²) in [6.07, 6.45) is 3.53. The number of rotatable bonds is 2. The summed E-state index contributed by atoms with van der Waals surface area (Å²) in [5.74, 6) is -0.273. The zero-order chi connectivity index (χ0) is 11.5. The number of hydrogen-bond donors (Lipinski definition) is 1. The summed E-state index contributed by atoms with van der Waals surface area (Å²) in [6, 6.07) is 3.71. The number of pyridine rings is 1. The van der Waals surface area contributed by atoms with E-state index in [1.54, 1.807) is 6.20 Å². The highest BCUT2D eigenvalue weighted by Crippen LogP contribution is 2.24. The lowest BCUT2D eigenvalue weighted by Gasteiger charge is -2.32. The third kappa shape index (κ3) is 2.44. The van der Waals surface area contributed by atoms with E-state index in [1.165, 1.54) is 0 Å². The van der Waals surface area contributed by atoms with Gasteiger partial charge in [-0.1, -0.05) is 11.6 Å². The lowest BCUT2D eigenvalue weighted by Crippen LogP contribution is -2.41. The number of carbonyl (C=O) groups excluding carboxylic acids is 1. The fraction of sp³-hybridized carbons (Fsp3) is 0.455. The number of piperidine rings is 1. The number of nitrogens with two attached hydrogens (primary N) is 1. The predicted molar refractivity (Wildman–Crippen MR) is 63.4 cm³/mol. The van der Waals surface area contributed by atoms with Gasteiger partial charge in [-0.3, -0.25) is 4.79 Å². The molecule has 1 aliphatic rings. The van der Waals surface area contributed by atoms with Gasteiger partial charge in [0.15, 0.2) is 0 Å². The molecule has 2 heterocycles. The summed E-state index contributed by atoms with van der Waals surface area (Å²) in [5.41, 5.74) is 6.34. The van der Waals surface area contributed by atoms with Crippen molar-refractivity contribution in [2.75, 3.05) is 18.0 Å². The number of anilines is 1. The van der Waals surface area contributed by atoms with Crippen LogP contribution < -0.4 is 10.6 Å². The molecule has 1 atom stereocenters. The normalized spacial score (nSPS) is 20.8. The van der Waals surface area contributed by atoms with E-state index < -0.39 is 0 Å². The second-order valence-corrected chi connectivity index (χ2v) is 4.41. The average molecular weight is 240 g/mol. The van der Waals surface area contributed by atoms with Crippen molar-refractivity contribution in [3.63, 3.8) is 0 Å².